The van der Waals surface area contributed by atoms with Crippen molar-refractivity contribution in [3.63, 3.8) is 0 Å². The monoisotopic (exact) mass is 197 g/mol. The quantitative estimate of drug-likeness (QED) is 0.337. The van der Waals surface area contributed by atoms with Crippen LogP contribution in [0.25, 0.3) is 0 Å². The minimum absolute atomic E-state index is 0.150. The summed E-state index contributed by atoms with van der Waals surface area (Å²) in [6.07, 6.45) is 1.06. The van der Waals surface area contributed by atoms with Crippen LogP contribution in [-0.2, 0) is 4.74 Å². The highest BCUT2D eigenvalue weighted by molar-refractivity contribution is 5.91. The molecule has 0 heterocycles. The van der Waals surface area contributed by atoms with Crippen LogP contribution in [0.4, 0.5) is 4.39 Å². The van der Waals surface area contributed by atoms with Crippen molar-refractivity contribution >= 4 is 12.2 Å². The highest BCUT2D eigenvalue weighted by Gasteiger charge is 2.11. The molecule has 0 aliphatic heterocycles. The summed E-state index contributed by atoms with van der Waals surface area (Å²) in [4.78, 5) is 11.0. The van der Waals surface area contributed by atoms with Crippen molar-refractivity contribution in [1.82, 2.24) is 0 Å². The molecule has 0 radical (unpaired) electrons. The Kier molecular flexibility index (Phi) is 3.17. The molecule has 14 heavy (non-hydrogen) atoms. The Bertz CT molecular complexity index is 376. The zero-order chi connectivity index (χ0) is 10.6. The second-order valence-corrected chi connectivity index (χ2v) is 2.48. The number of carbonyl (C=O) groups excluding carboxylic acids is 1. The van der Waals surface area contributed by atoms with Gasteiger partial charge in [-0.1, -0.05) is 11.2 Å². The Hall–Kier alpha value is -1.91. The molecular weight excluding hydrogens is 189 g/mol. The zero-order valence-electron chi connectivity index (χ0n) is 7.40. The lowest BCUT2D eigenvalue weighted by Crippen LogP contribution is -2.04. The summed E-state index contributed by atoms with van der Waals surface area (Å²) in [5.74, 6) is -1.45. The number of carbonyl (C=O) groups is 1. The third-order valence-corrected chi connectivity index (χ3v) is 1.61. The number of halogens is 1. The van der Waals surface area contributed by atoms with Crippen molar-refractivity contribution in [2.45, 2.75) is 0 Å². The number of benzene rings is 1. The molecule has 0 aromatic heterocycles. The highest BCUT2D eigenvalue weighted by Crippen LogP contribution is 2.10. The van der Waals surface area contributed by atoms with Gasteiger partial charge in [0.2, 0.25) is 0 Å². The van der Waals surface area contributed by atoms with Crippen LogP contribution < -0.4 is 0 Å². The van der Waals surface area contributed by atoms with Gasteiger partial charge in [0.25, 0.3) is 0 Å². The average Bonchev–Trinajstić information content (AvgIpc) is 2.17. The van der Waals surface area contributed by atoms with Crippen molar-refractivity contribution in [1.29, 1.82) is 0 Å². The van der Waals surface area contributed by atoms with Gasteiger partial charge < -0.3 is 9.94 Å². The summed E-state index contributed by atoms with van der Waals surface area (Å²) >= 11 is 0. The summed E-state index contributed by atoms with van der Waals surface area (Å²) < 4.78 is 17.5. The van der Waals surface area contributed by atoms with E-state index in [1.54, 1.807) is 0 Å². The first-order valence-corrected chi connectivity index (χ1v) is 3.74. The molecule has 0 atom stereocenters. The minimum atomic E-state index is -0.741. The average molecular weight is 197 g/mol. The molecule has 1 aromatic rings. The fourth-order valence-electron chi connectivity index (χ4n) is 0.954. The molecule has 0 amide bonds. The Balaban J connectivity index is 3.07. The lowest BCUT2D eigenvalue weighted by molar-refractivity contribution is 0.0595. The number of ether oxygens (including phenoxy) is 1. The standard InChI is InChI=1S/C9H8FNO3/c1-14-9(12)7-3-2-6(5-11-13)4-8(7)10/h2-5,13H,1H3. The van der Waals surface area contributed by atoms with E-state index in [4.69, 9.17) is 5.21 Å². The molecular formula is C9H8FNO3. The topological polar surface area (TPSA) is 58.9 Å². The Morgan fingerprint density at radius 3 is 2.86 bits per heavy atom. The van der Waals surface area contributed by atoms with Crippen LogP contribution in [0.2, 0.25) is 0 Å². The number of rotatable bonds is 2. The van der Waals surface area contributed by atoms with Crippen LogP contribution in [0.15, 0.2) is 23.4 Å². The number of nitrogens with zero attached hydrogens (tertiary/aromatic N) is 1. The molecule has 0 unspecified atom stereocenters. The number of esters is 1. The fourth-order valence-corrected chi connectivity index (χ4v) is 0.954. The SMILES string of the molecule is COC(=O)c1ccc(C=NO)cc1F. The van der Waals surface area contributed by atoms with Crippen molar-refractivity contribution < 1.29 is 19.1 Å². The van der Waals surface area contributed by atoms with Gasteiger partial charge in [0.15, 0.2) is 0 Å². The van der Waals surface area contributed by atoms with Crippen LogP contribution >= 0.6 is 0 Å². The Labute approximate surface area is 79.6 Å². The highest BCUT2D eigenvalue weighted by atomic mass is 19.1. The number of oxime groups is 1. The molecule has 1 rings (SSSR count). The van der Waals surface area contributed by atoms with Crippen molar-refractivity contribution in [3.8, 4) is 0 Å². The van der Waals surface area contributed by atoms with Gasteiger partial charge in [-0.25, -0.2) is 9.18 Å². The normalized spacial score (nSPS) is 10.4. The lowest BCUT2D eigenvalue weighted by Gasteiger charge is -2.00. The van der Waals surface area contributed by atoms with E-state index in [0.29, 0.717) is 5.56 Å². The summed E-state index contributed by atoms with van der Waals surface area (Å²) in [6.45, 7) is 0. The minimum Gasteiger partial charge on any atom is -0.465 e. The first kappa shape index (κ1) is 10.2. The summed E-state index contributed by atoms with van der Waals surface area (Å²) in [7, 11) is 1.17. The maximum atomic E-state index is 13.2. The van der Waals surface area contributed by atoms with Gasteiger partial charge in [0, 0.05) is 0 Å². The second kappa shape index (κ2) is 4.36. The summed E-state index contributed by atoms with van der Waals surface area (Å²) in [5, 5.41) is 10.9. The van der Waals surface area contributed by atoms with E-state index in [0.717, 1.165) is 12.3 Å². The summed E-state index contributed by atoms with van der Waals surface area (Å²) in [5.41, 5.74) is 0.209. The fraction of sp³-hybridized carbons (Fsp3) is 0.111. The van der Waals surface area contributed by atoms with E-state index in [2.05, 4.69) is 9.89 Å². The Morgan fingerprint density at radius 1 is 1.64 bits per heavy atom. The van der Waals surface area contributed by atoms with E-state index < -0.39 is 11.8 Å². The second-order valence-electron chi connectivity index (χ2n) is 2.48. The largest absolute Gasteiger partial charge is 0.465 e. The first-order chi connectivity index (χ1) is 6.69. The maximum Gasteiger partial charge on any atom is 0.340 e. The van der Waals surface area contributed by atoms with Crippen molar-refractivity contribution in [2.75, 3.05) is 7.11 Å². The van der Waals surface area contributed by atoms with Gasteiger partial charge in [-0.05, 0) is 17.7 Å². The molecule has 1 aromatic carbocycles. The number of hydrogen-bond donors (Lipinski definition) is 1. The third-order valence-electron chi connectivity index (χ3n) is 1.61. The van der Waals surface area contributed by atoms with Gasteiger partial charge in [-0.2, -0.15) is 0 Å². The zero-order valence-corrected chi connectivity index (χ0v) is 7.40. The van der Waals surface area contributed by atoms with Crippen LogP contribution in [0, 0.1) is 5.82 Å². The lowest BCUT2D eigenvalue weighted by atomic mass is 10.1. The van der Waals surface area contributed by atoms with E-state index in [1.165, 1.54) is 19.2 Å². The maximum absolute atomic E-state index is 13.2. The smallest absolute Gasteiger partial charge is 0.340 e. The predicted octanol–water partition coefficient (Wildman–Crippen LogP) is 1.42. The molecule has 0 saturated carbocycles. The van der Waals surface area contributed by atoms with E-state index in [1.807, 2.05) is 0 Å². The molecule has 0 spiro atoms. The molecule has 74 valence electrons. The van der Waals surface area contributed by atoms with Gasteiger partial charge in [-0.15, -0.1) is 0 Å². The van der Waals surface area contributed by atoms with Gasteiger partial charge in [0.05, 0.1) is 18.9 Å². The molecule has 1 N–H and O–H groups in total. The third kappa shape index (κ3) is 2.07. The molecule has 0 aliphatic carbocycles. The molecule has 0 bridgehead atoms. The van der Waals surface area contributed by atoms with Crippen molar-refractivity contribution in [3.05, 3.63) is 35.1 Å². The van der Waals surface area contributed by atoms with Gasteiger partial charge in [-0.3, -0.25) is 0 Å². The number of methoxy groups -OCH3 is 1. The van der Waals surface area contributed by atoms with Crippen LogP contribution in [0.3, 0.4) is 0 Å². The predicted molar refractivity (Wildman–Crippen MR) is 47.1 cm³/mol. The molecule has 5 heteroatoms. The Morgan fingerprint density at radius 2 is 2.36 bits per heavy atom. The van der Waals surface area contributed by atoms with Gasteiger partial charge in [0.1, 0.15) is 5.82 Å². The van der Waals surface area contributed by atoms with Crippen LogP contribution in [-0.4, -0.2) is 24.5 Å². The number of hydrogen-bond acceptors (Lipinski definition) is 4. The van der Waals surface area contributed by atoms with Crippen LogP contribution in [0.5, 0.6) is 0 Å². The molecule has 4 nitrogen and oxygen atoms in total. The van der Waals surface area contributed by atoms with Crippen molar-refractivity contribution in [2.24, 2.45) is 5.16 Å². The van der Waals surface area contributed by atoms with Gasteiger partial charge >= 0.3 is 5.97 Å². The first-order valence-electron chi connectivity index (χ1n) is 3.74. The molecule has 0 aliphatic rings. The van der Waals surface area contributed by atoms with E-state index in [9.17, 15) is 9.18 Å². The van der Waals surface area contributed by atoms with E-state index in [-0.39, 0.29) is 5.56 Å². The van der Waals surface area contributed by atoms with Crippen LogP contribution in [0.1, 0.15) is 15.9 Å². The summed E-state index contributed by atoms with van der Waals surface area (Å²) in [6, 6.07) is 3.78. The molecule has 0 saturated heterocycles. The van der Waals surface area contributed by atoms with E-state index >= 15 is 0 Å². The molecule has 0 fully saturated rings.